The van der Waals surface area contributed by atoms with Crippen LogP contribution in [0, 0.1) is 10.1 Å². The van der Waals surface area contributed by atoms with Gasteiger partial charge in [0.15, 0.2) is 0 Å². The fourth-order valence-electron chi connectivity index (χ4n) is 2.82. The Bertz CT molecular complexity index is 677. The maximum Gasteiger partial charge on any atom is 0.278 e. The number of pyridine rings is 1. The van der Waals surface area contributed by atoms with E-state index in [0.29, 0.717) is 11.4 Å². The van der Waals surface area contributed by atoms with Crippen LogP contribution in [0.25, 0.3) is 10.8 Å². The molecule has 1 aliphatic heterocycles. The van der Waals surface area contributed by atoms with Crippen molar-refractivity contribution in [3.8, 4) is 0 Å². The number of nitro benzene ring substituents is 1. The van der Waals surface area contributed by atoms with Gasteiger partial charge >= 0.3 is 0 Å². The monoisotopic (exact) mass is 303 g/mol. The van der Waals surface area contributed by atoms with E-state index in [4.69, 9.17) is 0 Å². The number of aromatic nitrogens is 1. The minimum absolute atomic E-state index is 0.124. The van der Waals surface area contributed by atoms with Gasteiger partial charge in [0.1, 0.15) is 0 Å². The van der Waals surface area contributed by atoms with E-state index in [1.807, 2.05) is 23.9 Å². The molecule has 6 heteroatoms. The molecule has 21 heavy (non-hydrogen) atoms. The highest BCUT2D eigenvalue weighted by Crippen LogP contribution is 2.35. The van der Waals surface area contributed by atoms with Crippen LogP contribution < -0.4 is 4.90 Å². The molecule has 1 saturated heterocycles. The van der Waals surface area contributed by atoms with E-state index in [-0.39, 0.29) is 10.6 Å². The van der Waals surface area contributed by atoms with Crippen LogP contribution in [-0.2, 0) is 0 Å². The maximum absolute atomic E-state index is 11.2. The summed E-state index contributed by atoms with van der Waals surface area (Å²) >= 11 is 1.97. The molecule has 2 aromatic rings. The van der Waals surface area contributed by atoms with Crippen LogP contribution in [0.2, 0.25) is 0 Å². The molecule has 0 amide bonds. The second-order valence-corrected chi connectivity index (χ2v) is 6.45. The highest BCUT2D eigenvalue weighted by atomic mass is 32.2. The van der Waals surface area contributed by atoms with Crippen molar-refractivity contribution >= 4 is 33.9 Å². The van der Waals surface area contributed by atoms with E-state index in [0.717, 1.165) is 29.8 Å². The molecule has 1 atom stereocenters. The van der Waals surface area contributed by atoms with Crippen LogP contribution in [-0.4, -0.2) is 34.0 Å². The molecule has 5 nitrogen and oxygen atoms in total. The molecule has 1 fully saturated rings. The van der Waals surface area contributed by atoms with Crippen LogP contribution >= 0.6 is 11.8 Å². The van der Waals surface area contributed by atoms with Gasteiger partial charge in [-0.1, -0.05) is 0 Å². The molecule has 110 valence electrons. The quantitative estimate of drug-likeness (QED) is 0.628. The highest BCUT2D eigenvalue weighted by Gasteiger charge is 2.22. The Balaban J connectivity index is 2.15. The van der Waals surface area contributed by atoms with Gasteiger partial charge in [-0.3, -0.25) is 15.1 Å². The van der Waals surface area contributed by atoms with Crippen molar-refractivity contribution in [1.82, 2.24) is 4.98 Å². The van der Waals surface area contributed by atoms with Crippen molar-refractivity contribution in [1.29, 1.82) is 0 Å². The number of anilines is 1. The minimum Gasteiger partial charge on any atom is -0.367 e. The van der Waals surface area contributed by atoms with Gasteiger partial charge < -0.3 is 4.90 Å². The molecular weight excluding hydrogens is 286 g/mol. The zero-order valence-electron chi connectivity index (χ0n) is 11.9. The summed E-state index contributed by atoms with van der Waals surface area (Å²) in [6, 6.07) is 5.80. The predicted octanol–water partition coefficient (Wildman–Crippen LogP) is 3.47. The summed E-state index contributed by atoms with van der Waals surface area (Å²) in [6.45, 7) is 3.20. The summed E-state index contributed by atoms with van der Waals surface area (Å²) in [4.78, 5) is 17.3. The smallest absolute Gasteiger partial charge is 0.278 e. The number of non-ortho nitro benzene ring substituents is 1. The molecule has 0 saturated carbocycles. The molecule has 3 rings (SSSR count). The van der Waals surface area contributed by atoms with Crippen LogP contribution in [0.5, 0.6) is 0 Å². The van der Waals surface area contributed by atoms with Crippen molar-refractivity contribution < 1.29 is 4.92 Å². The van der Waals surface area contributed by atoms with Crippen molar-refractivity contribution in [3.63, 3.8) is 0 Å². The third-order valence-electron chi connectivity index (χ3n) is 3.97. The van der Waals surface area contributed by atoms with E-state index in [9.17, 15) is 10.1 Å². The molecule has 1 unspecified atom stereocenters. The van der Waals surface area contributed by atoms with Crippen molar-refractivity contribution in [2.45, 2.75) is 19.4 Å². The number of hydrogen-bond acceptors (Lipinski definition) is 5. The summed E-state index contributed by atoms with van der Waals surface area (Å²) in [5.74, 6) is 2.26. The van der Waals surface area contributed by atoms with Gasteiger partial charge in [0, 0.05) is 47.9 Å². The summed E-state index contributed by atoms with van der Waals surface area (Å²) in [5.41, 5.74) is 1.20. The van der Waals surface area contributed by atoms with E-state index >= 15 is 0 Å². The van der Waals surface area contributed by atoms with Crippen LogP contribution in [0.3, 0.4) is 0 Å². The Labute approximate surface area is 127 Å². The van der Waals surface area contributed by atoms with Crippen LogP contribution in [0.1, 0.15) is 13.3 Å². The molecule has 0 N–H and O–H groups in total. The Morgan fingerprint density at radius 2 is 2.19 bits per heavy atom. The Kier molecular flexibility index (Phi) is 3.96. The lowest BCUT2D eigenvalue weighted by molar-refractivity contribution is -0.383. The van der Waals surface area contributed by atoms with Gasteiger partial charge in [-0.25, -0.2) is 0 Å². The van der Waals surface area contributed by atoms with E-state index in [2.05, 4.69) is 16.8 Å². The third-order valence-corrected chi connectivity index (χ3v) is 4.96. The summed E-state index contributed by atoms with van der Waals surface area (Å²) in [6.07, 6.45) is 4.43. The molecule has 2 heterocycles. The first-order valence-corrected chi connectivity index (χ1v) is 8.19. The zero-order valence-corrected chi connectivity index (χ0v) is 12.7. The Morgan fingerprint density at radius 1 is 1.33 bits per heavy atom. The number of benzene rings is 1. The second kappa shape index (κ2) is 5.89. The number of hydrogen-bond donors (Lipinski definition) is 0. The number of nitro groups is 1. The Morgan fingerprint density at radius 3 is 3.00 bits per heavy atom. The lowest BCUT2D eigenvalue weighted by Gasteiger charge is -2.30. The van der Waals surface area contributed by atoms with E-state index in [1.54, 1.807) is 18.5 Å². The topological polar surface area (TPSA) is 59.3 Å². The summed E-state index contributed by atoms with van der Waals surface area (Å²) in [5, 5.41) is 12.7. The van der Waals surface area contributed by atoms with Gasteiger partial charge in [-0.05, 0) is 31.2 Å². The maximum atomic E-state index is 11.2. The first-order valence-electron chi connectivity index (χ1n) is 7.04. The molecule has 1 aromatic heterocycles. The molecule has 0 spiro atoms. The standard InChI is InChI=1S/C15H17N3O2S/c1-11-5-8-21-9-7-17(11)14-2-3-15(18(19)20)13-10-16-6-4-12(13)14/h2-4,6,10-11H,5,7-9H2,1H3. The highest BCUT2D eigenvalue weighted by molar-refractivity contribution is 7.99. The van der Waals surface area contributed by atoms with Gasteiger partial charge in [0.25, 0.3) is 5.69 Å². The zero-order chi connectivity index (χ0) is 14.8. The summed E-state index contributed by atoms with van der Waals surface area (Å²) in [7, 11) is 0. The first-order chi connectivity index (χ1) is 10.2. The lowest BCUT2D eigenvalue weighted by Crippen LogP contribution is -2.33. The number of nitrogens with zero attached hydrogens (tertiary/aromatic N) is 3. The lowest BCUT2D eigenvalue weighted by atomic mass is 10.1. The SMILES string of the molecule is CC1CCSCCN1c1ccc([N+](=O)[O-])c2cnccc12. The van der Waals surface area contributed by atoms with E-state index < -0.39 is 0 Å². The fraction of sp³-hybridized carbons (Fsp3) is 0.400. The number of fused-ring (bicyclic) bond motifs is 1. The van der Waals surface area contributed by atoms with Gasteiger partial charge in [0.05, 0.1) is 10.3 Å². The van der Waals surface area contributed by atoms with E-state index in [1.165, 1.54) is 5.75 Å². The van der Waals surface area contributed by atoms with Crippen molar-refractivity contribution in [2.75, 3.05) is 23.0 Å². The summed E-state index contributed by atoms with van der Waals surface area (Å²) < 4.78 is 0. The largest absolute Gasteiger partial charge is 0.367 e. The van der Waals surface area contributed by atoms with Gasteiger partial charge in [0.2, 0.25) is 0 Å². The predicted molar refractivity (Wildman–Crippen MR) is 87.1 cm³/mol. The number of thioether (sulfide) groups is 1. The normalized spacial score (nSPS) is 19.5. The second-order valence-electron chi connectivity index (χ2n) is 5.23. The molecular formula is C15H17N3O2S. The average molecular weight is 303 g/mol. The molecule has 0 radical (unpaired) electrons. The third kappa shape index (κ3) is 2.68. The number of rotatable bonds is 2. The minimum atomic E-state index is -0.338. The molecule has 0 aliphatic carbocycles. The van der Waals surface area contributed by atoms with Crippen LogP contribution in [0.4, 0.5) is 11.4 Å². The van der Waals surface area contributed by atoms with Gasteiger partial charge in [-0.15, -0.1) is 0 Å². The van der Waals surface area contributed by atoms with Crippen molar-refractivity contribution in [2.24, 2.45) is 0 Å². The van der Waals surface area contributed by atoms with Crippen molar-refractivity contribution in [3.05, 3.63) is 40.7 Å². The first kappa shape index (κ1) is 14.1. The van der Waals surface area contributed by atoms with Gasteiger partial charge in [-0.2, -0.15) is 11.8 Å². The average Bonchev–Trinajstić information content (AvgIpc) is 2.70. The van der Waals surface area contributed by atoms with Crippen LogP contribution in [0.15, 0.2) is 30.6 Å². The molecule has 1 aromatic carbocycles. The Hall–Kier alpha value is -1.82. The molecule has 1 aliphatic rings. The fourth-order valence-corrected chi connectivity index (χ4v) is 3.86. The molecule has 0 bridgehead atoms.